The van der Waals surface area contributed by atoms with Crippen LogP contribution >= 0.6 is 24.8 Å². The van der Waals surface area contributed by atoms with Crippen LogP contribution in [0.1, 0.15) is 19.3 Å². The van der Waals surface area contributed by atoms with Crippen LogP contribution in [-0.2, 0) is 26.2 Å². The molecule has 4 heteroatoms. The third-order valence-corrected chi connectivity index (χ3v) is 4.13. The van der Waals surface area contributed by atoms with Gasteiger partial charge in [0.1, 0.15) is 0 Å². The van der Waals surface area contributed by atoms with Crippen molar-refractivity contribution in [3.8, 4) is 0 Å². The van der Waals surface area contributed by atoms with E-state index in [0.717, 1.165) is 19.3 Å². The molecule has 0 aromatic carbocycles. The fourth-order valence-corrected chi connectivity index (χ4v) is 3.62. The van der Waals surface area contributed by atoms with E-state index in [-0.39, 0.29) is 51.0 Å². The Morgan fingerprint density at radius 2 is 1.86 bits per heavy atom. The van der Waals surface area contributed by atoms with Gasteiger partial charge in [0.2, 0.25) is 0 Å². The molecule has 0 aromatic heterocycles. The molecule has 0 saturated heterocycles. The Kier molecular flexibility index (Phi) is 17.5. The Balaban J connectivity index is -0.000000349. The minimum atomic E-state index is -0.957. The van der Waals surface area contributed by atoms with E-state index in [9.17, 15) is 0 Å². The molecule has 0 saturated carbocycles. The first-order valence-electron chi connectivity index (χ1n) is 6.62. The van der Waals surface area contributed by atoms with Crippen LogP contribution in [0.4, 0.5) is 0 Å². The summed E-state index contributed by atoms with van der Waals surface area (Å²) in [6.07, 6.45) is 19.7. The van der Waals surface area contributed by atoms with Crippen LogP contribution in [0.15, 0.2) is 48.1 Å². The van der Waals surface area contributed by atoms with Gasteiger partial charge in [0.25, 0.3) is 0 Å². The van der Waals surface area contributed by atoms with Gasteiger partial charge in [-0.1, -0.05) is 31.8 Å². The molecule has 0 nitrogen and oxygen atoms in total. The van der Waals surface area contributed by atoms with Crippen LogP contribution in [0.25, 0.3) is 0 Å². The molecule has 0 amide bonds. The third-order valence-electron chi connectivity index (χ3n) is 2.57. The molecule has 0 unspecified atom stereocenters. The van der Waals surface area contributed by atoms with E-state index in [0.29, 0.717) is 0 Å². The SMILES string of the molecule is C=C(CC1=[C-]CC=C1)C[Si](C)(C)C.Cl.Cl.[C-]1=CC=CC1.[Zr+2]. The first kappa shape index (κ1) is 26.3. The van der Waals surface area contributed by atoms with E-state index in [4.69, 9.17) is 0 Å². The van der Waals surface area contributed by atoms with Gasteiger partial charge in [-0.2, -0.15) is 12.2 Å². The van der Waals surface area contributed by atoms with Crippen molar-refractivity contribution in [2.45, 2.75) is 44.9 Å². The molecule has 0 heterocycles. The second-order valence-electron chi connectivity index (χ2n) is 5.98. The zero-order valence-electron chi connectivity index (χ0n) is 13.2. The largest absolute Gasteiger partial charge is 2.00 e. The second kappa shape index (κ2) is 14.0. The van der Waals surface area contributed by atoms with Crippen molar-refractivity contribution in [3.63, 3.8) is 0 Å². The van der Waals surface area contributed by atoms with Crippen molar-refractivity contribution in [1.82, 2.24) is 0 Å². The summed E-state index contributed by atoms with van der Waals surface area (Å²) in [6, 6.07) is 1.24. The van der Waals surface area contributed by atoms with Crippen LogP contribution < -0.4 is 0 Å². The first-order chi connectivity index (χ1) is 8.47. The molecule has 2 rings (SSSR count). The van der Waals surface area contributed by atoms with E-state index in [2.05, 4.69) is 56.6 Å². The van der Waals surface area contributed by atoms with Crippen molar-refractivity contribution in [2.75, 3.05) is 0 Å². The van der Waals surface area contributed by atoms with Gasteiger partial charge in [0.05, 0.1) is 0 Å². The van der Waals surface area contributed by atoms with Crippen molar-refractivity contribution < 1.29 is 26.2 Å². The summed E-state index contributed by atoms with van der Waals surface area (Å²) >= 11 is 0. The van der Waals surface area contributed by atoms with Gasteiger partial charge >= 0.3 is 26.2 Å². The Bertz CT molecular complexity index is 392. The normalized spacial score (nSPS) is 14.1. The van der Waals surface area contributed by atoms with E-state index in [1.807, 2.05) is 12.2 Å². The Morgan fingerprint density at radius 1 is 1.19 bits per heavy atom. The van der Waals surface area contributed by atoms with Gasteiger partial charge in [-0.25, -0.2) is 23.8 Å². The van der Waals surface area contributed by atoms with Crippen LogP contribution in [0.2, 0.25) is 25.7 Å². The summed E-state index contributed by atoms with van der Waals surface area (Å²) in [4.78, 5) is 0. The van der Waals surface area contributed by atoms with E-state index in [1.54, 1.807) is 0 Å². The second-order valence-corrected chi connectivity index (χ2v) is 11.5. The fourth-order valence-electron chi connectivity index (χ4n) is 1.99. The minimum Gasteiger partial charge on any atom is -0.273 e. The number of halogens is 2. The standard InChI is InChI=1S/C12H19Si.C5H5.2ClH.Zr/c1-11(10-13(2,3)4)9-12-7-5-6-8-12;1-2-4-5-3-1;;;/h5,7H,1,6,9-10H2,2-4H3;1-3H,4H2;2*1H;/q2*-1;;;+2. The maximum absolute atomic E-state index is 4.14. The molecular weight excluding hydrogens is 394 g/mol. The van der Waals surface area contributed by atoms with E-state index < -0.39 is 8.07 Å². The number of hydrogen-bond donors (Lipinski definition) is 0. The molecule has 0 N–H and O–H groups in total. The average molecular weight is 421 g/mol. The van der Waals surface area contributed by atoms with Crippen LogP contribution in [0, 0.1) is 12.2 Å². The van der Waals surface area contributed by atoms with Crippen molar-refractivity contribution in [2.24, 2.45) is 0 Å². The predicted octanol–water partition coefficient (Wildman–Crippen LogP) is 6.11. The maximum Gasteiger partial charge on any atom is 2.00 e. The minimum absolute atomic E-state index is 0. The zero-order chi connectivity index (χ0) is 13.4. The predicted molar refractivity (Wildman–Crippen MR) is 98.5 cm³/mol. The quantitative estimate of drug-likeness (QED) is 0.292. The summed E-state index contributed by atoms with van der Waals surface area (Å²) in [7, 11) is -0.957. The molecule has 21 heavy (non-hydrogen) atoms. The van der Waals surface area contributed by atoms with Gasteiger partial charge < -0.3 is 0 Å². The Morgan fingerprint density at radius 3 is 2.19 bits per heavy atom. The van der Waals surface area contributed by atoms with Crippen LogP contribution in [0.3, 0.4) is 0 Å². The molecule has 2 aliphatic rings. The summed E-state index contributed by atoms with van der Waals surface area (Å²) in [5.41, 5.74) is 2.72. The summed E-state index contributed by atoms with van der Waals surface area (Å²) in [5.74, 6) is 0. The molecule has 2 aliphatic carbocycles. The molecular formula is C17H26Cl2SiZr. The molecule has 0 aliphatic heterocycles. The Labute approximate surface area is 163 Å². The van der Waals surface area contributed by atoms with Gasteiger partial charge in [-0.05, 0) is 12.5 Å². The first-order valence-corrected chi connectivity index (χ1v) is 10.3. The molecule has 116 valence electrons. The molecule has 0 bridgehead atoms. The fraction of sp³-hybridized carbons (Fsp3) is 0.412. The molecule has 0 aromatic rings. The van der Waals surface area contributed by atoms with E-state index in [1.165, 1.54) is 17.2 Å². The van der Waals surface area contributed by atoms with Crippen molar-refractivity contribution in [1.29, 1.82) is 0 Å². The Hall–Kier alpha value is 0.380. The van der Waals surface area contributed by atoms with Gasteiger partial charge in [-0.3, -0.25) is 12.2 Å². The van der Waals surface area contributed by atoms with E-state index >= 15 is 0 Å². The summed E-state index contributed by atoms with van der Waals surface area (Å²) in [5, 5.41) is 0. The monoisotopic (exact) mass is 418 g/mol. The molecule has 0 atom stereocenters. The average Bonchev–Trinajstić information content (AvgIpc) is 2.88. The number of allylic oxidation sites excluding steroid dienone is 9. The van der Waals surface area contributed by atoms with Crippen molar-refractivity contribution >= 4 is 32.9 Å². The van der Waals surface area contributed by atoms with Crippen LogP contribution in [-0.4, -0.2) is 8.07 Å². The van der Waals surface area contributed by atoms with Crippen molar-refractivity contribution in [3.05, 3.63) is 60.3 Å². The van der Waals surface area contributed by atoms with Gasteiger partial charge in [0, 0.05) is 8.07 Å². The topological polar surface area (TPSA) is 0 Å². The number of hydrogen-bond acceptors (Lipinski definition) is 0. The third kappa shape index (κ3) is 15.1. The summed E-state index contributed by atoms with van der Waals surface area (Å²) < 4.78 is 0. The summed E-state index contributed by atoms with van der Waals surface area (Å²) in [6.45, 7) is 11.3. The smallest absolute Gasteiger partial charge is 0.273 e. The van der Waals surface area contributed by atoms with Crippen LogP contribution in [0.5, 0.6) is 0 Å². The molecule has 0 fully saturated rings. The number of rotatable bonds is 4. The maximum atomic E-state index is 4.14. The zero-order valence-corrected chi connectivity index (χ0v) is 18.3. The van der Waals surface area contributed by atoms with Gasteiger partial charge in [-0.15, -0.1) is 37.7 Å². The van der Waals surface area contributed by atoms with Gasteiger partial charge in [0.15, 0.2) is 0 Å². The molecule has 0 radical (unpaired) electrons. The molecule has 0 spiro atoms.